The van der Waals surface area contributed by atoms with Crippen LogP contribution in [0.4, 0.5) is 4.79 Å². The Hall–Kier alpha value is -1.95. The van der Waals surface area contributed by atoms with E-state index < -0.39 is 80.8 Å². The molecule has 1 aromatic rings. The van der Waals surface area contributed by atoms with Crippen LogP contribution < -0.4 is 4.74 Å². The van der Waals surface area contributed by atoms with Gasteiger partial charge in [0, 0.05) is 6.42 Å². The lowest BCUT2D eigenvalue weighted by molar-refractivity contribution is -0.359. The molecule has 14 nitrogen and oxygen atoms in total. The van der Waals surface area contributed by atoms with E-state index in [-0.39, 0.29) is 31.5 Å². The van der Waals surface area contributed by atoms with Gasteiger partial charge in [0.2, 0.25) is 0 Å². The van der Waals surface area contributed by atoms with Gasteiger partial charge in [0.25, 0.3) is 0 Å². The Bertz CT molecular complexity index is 959. The summed E-state index contributed by atoms with van der Waals surface area (Å²) in [7, 11) is 0. The fourth-order valence-electron chi connectivity index (χ4n) is 4.82. The largest absolute Gasteiger partial charge is 0.513 e. The number of benzene rings is 1. The minimum absolute atomic E-state index is 0.0576. The van der Waals surface area contributed by atoms with Crippen molar-refractivity contribution in [1.29, 1.82) is 0 Å². The Morgan fingerprint density at radius 1 is 0.786 bits per heavy atom. The van der Waals surface area contributed by atoms with E-state index in [2.05, 4.69) is 0 Å². The molecule has 2 aliphatic heterocycles. The zero-order chi connectivity index (χ0) is 31.1. The molecule has 42 heavy (non-hydrogen) atoms. The Balaban J connectivity index is 1.49. The minimum atomic E-state index is -1.76. The molecule has 2 heterocycles. The third kappa shape index (κ3) is 8.15. The summed E-state index contributed by atoms with van der Waals surface area (Å²) in [6.07, 6.45) is -16.1. The first kappa shape index (κ1) is 34.5. The van der Waals surface area contributed by atoms with Crippen molar-refractivity contribution in [2.45, 2.75) is 107 Å². The molecule has 2 saturated heterocycles. The number of hydrogen-bond donors (Lipinski definition) is 7. The van der Waals surface area contributed by atoms with Crippen molar-refractivity contribution in [1.82, 2.24) is 0 Å². The number of rotatable bonds is 12. The van der Waals surface area contributed by atoms with Gasteiger partial charge in [-0.2, -0.15) is 0 Å². The Morgan fingerprint density at radius 2 is 1.36 bits per heavy atom. The van der Waals surface area contributed by atoms with Crippen LogP contribution in [-0.4, -0.2) is 130 Å². The number of aliphatic hydroxyl groups excluding tert-OH is 7. The van der Waals surface area contributed by atoms with Gasteiger partial charge in [-0.3, -0.25) is 0 Å². The van der Waals surface area contributed by atoms with Crippen LogP contribution in [-0.2, 0) is 23.7 Å². The summed E-state index contributed by atoms with van der Waals surface area (Å²) in [6, 6.07) is 5.72. The standard InChI is InChI=1S/C28H44O14/c1-13(2)15-7-5-8-16(14(3)4)24(15)42-28(36)38-10-6-9-37-26-23(35)21(33)25(18(12-30)40-26)41-27-22(34)20(32)19(31)17(11-29)39-27/h5,7-8,13-14,17-23,25-27,29-35H,6,9-12H2,1-4H3/t17-,18-,19-,20+,21-,22-,23-,25?,26-,27-/m1/s1. The highest BCUT2D eigenvalue weighted by Crippen LogP contribution is 2.35. The monoisotopic (exact) mass is 604 g/mol. The molecule has 3 rings (SSSR count). The Labute approximate surface area is 244 Å². The molecule has 14 heteroatoms. The van der Waals surface area contributed by atoms with Crippen molar-refractivity contribution < 1.29 is 69.0 Å². The van der Waals surface area contributed by atoms with Crippen LogP contribution in [0.5, 0.6) is 5.75 Å². The molecule has 0 spiro atoms. The molecule has 240 valence electrons. The predicted octanol–water partition coefficient (Wildman–Crippen LogP) is -0.520. The molecule has 0 amide bonds. The first-order valence-corrected chi connectivity index (χ1v) is 14.1. The zero-order valence-corrected chi connectivity index (χ0v) is 24.2. The van der Waals surface area contributed by atoms with E-state index in [0.29, 0.717) is 5.75 Å². The molecule has 10 atom stereocenters. The van der Waals surface area contributed by atoms with Gasteiger partial charge >= 0.3 is 6.16 Å². The SMILES string of the molecule is CC(C)c1cccc(C(C)C)c1OC(=O)OCCCO[C@@H]1O[C@H](CO)C(O[C@H]2O[C@H](CO)[C@@H](O)[C@H](O)[C@H]2O)[C@H](O)[C@H]1O. The first-order chi connectivity index (χ1) is 19.9. The molecule has 7 N–H and O–H groups in total. The highest BCUT2D eigenvalue weighted by atomic mass is 16.7. The fourth-order valence-corrected chi connectivity index (χ4v) is 4.82. The number of para-hydroxylation sites is 1. The van der Waals surface area contributed by atoms with Crippen LogP contribution in [0.25, 0.3) is 0 Å². The van der Waals surface area contributed by atoms with E-state index >= 15 is 0 Å². The third-order valence-electron chi connectivity index (χ3n) is 7.26. The first-order valence-electron chi connectivity index (χ1n) is 14.1. The van der Waals surface area contributed by atoms with E-state index in [1.807, 2.05) is 45.9 Å². The highest BCUT2D eigenvalue weighted by molar-refractivity contribution is 5.66. The van der Waals surface area contributed by atoms with Gasteiger partial charge < -0.3 is 64.2 Å². The Kier molecular flexibility index (Phi) is 12.9. The predicted molar refractivity (Wildman–Crippen MR) is 144 cm³/mol. The summed E-state index contributed by atoms with van der Waals surface area (Å²) in [5, 5.41) is 70.5. The maximum Gasteiger partial charge on any atom is 0.513 e. The van der Waals surface area contributed by atoms with Gasteiger partial charge in [-0.25, -0.2) is 4.79 Å². The van der Waals surface area contributed by atoms with Gasteiger partial charge in [-0.15, -0.1) is 0 Å². The molecule has 0 saturated carbocycles. The van der Waals surface area contributed by atoms with Crippen molar-refractivity contribution in [2.24, 2.45) is 0 Å². The number of carbonyl (C=O) groups excluding carboxylic acids is 1. The van der Waals surface area contributed by atoms with Crippen molar-refractivity contribution in [3.63, 3.8) is 0 Å². The quantitative estimate of drug-likeness (QED) is 0.0909. The second-order valence-electron chi connectivity index (χ2n) is 11.0. The number of carbonyl (C=O) groups is 1. The molecular weight excluding hydrogens is 560 g/mol. The number of aliphatic hydroxyl groups is 7. The summed E-state index contributed by atoms with van der Waals surface area (Å²) in [5.41, 5.74) is 1.77. The molecule has 1 aromatic carbocycles. The lowest BCUT2D eigenvalue weighted by Crippen LogP contribution is -2.64. The van der Waals surface area contributed by atoms with E-state index in [1.54, 1.807) is 0 Å². The average Bonchev–Trinajstić information content (AvgIpc) is 2.96. The van der Waals surface area contributed by atoms with Crippen molar-refractivity contribution in [2.75, 3.05) is 26.4 Å². The molecule has 0 bridgehead atoms. The highest BCUT2D eigenvalue weighted by Gasteiger charge is 2.50. The van der Waals surface area contributed by atoms with Crippen LogP contribution in [0.15, 0.2) is 18.2 Å². The third-order valence-corrected chi connectivity index (χ3v) is 7.26. The van der Waals surface area contributed by atoms with Crippen molar-refractivity contribution in [3.8, 4) is 5.75 Å². The summed E-state index contributed by atoms with van der Waals surface area (Å²) in [5.74, 6) is 0.733. The maximum absolute atomic E-state index is 12.4. The smallest absolute Gasteiger partial charge is 0.434 e. The van der Waals surface area contributed by atoms with E-state index in [1.165, 1.54) is 0 Å². The summed E-state index contributed by atoms with van der Waals surface area (Å²) >= 11 is 0. The van der Waals surface area contributed by atoms with Gasteiger partial charge in [0.05, 0.1) is 26.4 Å². The van der Waals surface area contributed by atoms with E-state index in [9.17, 15) is 40.5 Å². The number of hydrogen-bond acceptors (Lipinski definition) is 14. The van der Waals surface area contributed by atoms with Crippen LogP contribution in [0.2, 0.25) is 0 Å². The topological polar surface area (TPSA) is 214 Å². The van der Waals surface area contributed by atoms with Crippen LogP contribution in [0.3, 0.4) is 0 Å². The summed E-state index contributed by atoms with van der Waals surface area (Å²) in [4.78, 5) is 12.4. The molecule has 1 unspecified atom stereocenters. The maximum atomic E-state index is 12.4. The fraction of sp³-hybridized carbons (Fsp3) is 0.750. The zero-order valence-electron chi connectivity index (χ0n) is 24.2. The lowest BCUT2D eigenvalue weighted by Gasteiger charge is -2.45. The van der Waals surface area contributed by atoms with E-state index in [4.69, 9.17) is 28.4 Å². The van der Waals surface area contributed by atoms with Crippen LogP contribution in [0.1, 0.15) is 57.1 Å². The molecular formula is C28H44O14. The summed E-state index contributed by atoms with van der Waals surface area (Å²) < 4.78 is 32.6. The van der Waals surface area contributed by atoms with Gasteiger partial charge in [0.1, 0.15) is 54.6 Å². The van der Waals surface area contributed by atoms with Crippen LogP contribution in [0, 0.1) is 0 Å². The van der Waals surface area contributed by atoms with Crippen molar-refractivity contribution in [3.05, 3.63) is 29.3 Å². The number of ether oxygens (including phenoxy) is 6. The molecule has 0 aliphatic carbocycles. The summed E-state index contributed by atoms with van der Waals surface area (Å²) in [6.45, 7) is 6.49. The Morgan fingerprint density at radius 3 is 1.93 bits per heavy atom. The molecule has 2 fully saturated rings. The molecule has 0 radical (unpaired) electrons. The van der Waals surface area contributed by atoms with Gasteiger partial charge in [-0.05, 0) is 23.0 Å². The lowest BCUT2D eigenvalue weighted by atomic mass is 9.94. The normalized spacial score (nSPS) is 33.6. The second kappa shape index (κ2) is 15.7. The van der Waals surface area contributed by atoms with Crippen LogP contribution >= 0.6 is 0 Å². The second-order valence-corrected chi connectivity index (χ2v) is 11.0. The average molecular weight is 605 g/mol. The molecule has 0 aromatic heterocycles. The minimum Gasteiger partial charge on any atom is -0.434 e. The van der Waals surface area contributed by atoms with Crippen molar-refractivity contribution >= 4 is 6.16 Å². The van der Waals surface area contributed by atoms with Gasteiger partial charge in [0.15, 0.2) is 12.6 Å². The molecule has 2 aliphatic rings. The van der Waals surface area contributed by atoms with Gasteiger partial charge in [-0.1, -0.05) is 45.9 Å². The van der Waals surface area contributed by atoms with E-state index in [0.717, 1.165) is 11.1 Å².